The van der Waals surface area contributed by atoms with E-state index in [4.69, 9.17) is 11.6 Å². The third-order valence-corrected chi connectivity index (χ3v) is 3.53. The molecule has 2 aromatic rings. The number of carbonyl (C=O) groups is 1. The van der Waals surface area contributed by atoms with E-state index in [-0.39, 0.29) is 5.91 Å². The van der Waals surface area contributed by atoms with Crippen molar-refractivity contribution in [1.29, 1.82) is 0 Å². The number of nitrogens with one attached hydrogen (secondary N) is 2. The Labute approximate surface area is 131 Å². The van der Waals surface area contributed by atoms with Crippen molar-refractivity contribution in [3.05, 3.63) is 57.5 Å². The zero-order valence-corrected chi connectivity index (χ0v) is 13.3. The average Bonchev–Trinajstić information content (AvgIpc) is 2.37. The fraction of sp³-hybridized carbons (Fsp3) is 0.133. The molecule has 0 aliphatic heterocycles. The van der Waals surface area contributed by atoms with E-state index in [1.54, 1.807) is 0 Å². The Kier molecular flexibility index (Phi) is 5.04. The first-order valence-corrected chi connectivity index (χ1v) is 7.27. The lowest BCUT2D eigenvalue weighted by Gasteiger charge is -2.10. The van der Waals surface area contributed by atoms with Gasteiger partial charge < -0.3 is 10.6 Å². The number of hydrogen-bond donors (Lipinski definition) is 2. The highest BCUT2D eigenvalue weighted by Gasteiger charge is 2.02. The molecule has 0 saturated heterocycles. The van der Waals surface area contributed by atoms with Crippen molar-refractivity contribution >= 4 is 44.8 Å². The van der Waals surface area contributed by atoms with E-state index in [2.05, 4.69) is 26.6 Å². The van der Waals surface area contributed by atoms with Crippen LogP contribution in [0.3, 0.4) is 0 Å². The molecule has 0 atom stereocenters. The van der Waals surface area contributed by atoms with Crippen LogP contribution in [0, 0.1) is 0 Å². The summed E-state index contributed by atoms with van der Waals surface area (Å²) in [6.07, 6.45) is 0. The minimum atomic E-state index is -0.0851. The summed E-state index contributed by atoms with van der Waals surface area (Å²) in [6.45, 7) is 2.11. The van der Waals surface area contributed by atoms with Crippen molar-refractivity contribution in [1.82, 2.24) is 0 Å². The molecule has 0 unspecified atom stereocenters. The van der Waals surface area contributed by atoms with Crippen LogP contribution >= 0.6 is 27.5 Å². The van der Waals surface area contributed by atoms with Gasteiger partial charge in [0.1, 0.15) is 0 Å². The molecule has 2 aromatic carbocycles. The quantitative estimate of drug-likeness (QED) is 0.838. The first kappa shape index (κ1) is 14.9. The van der Waals surface area contributed by atoms with Gasteiger partial charge in [-0.15, -0.1) is 0 Å². The normalized spacial score (nSPS) is 10.2. The van der Waals surface area contributed by atoms with Gasteiger partial charge >= 0.3 is 0 Å². The number of anilines is 2. The molecular weight excluding hydrogens is 340 g/mol. The molecule has 0 radical (unpaired) electrons. The summed E-state index contributed by atoms with van der Waals surface area (Å²) in [5, 5.41) is 6.75. The van der Waals surface area contributed by atoms with Crippen molar-refractivity contribution < 1.29 is 4.79 Å². The Morgan fingerprint density at radius 1 is 1.20 bits per heavy atom. The van der Waals surface area contributed by atoms with E-state index < -0.39 is 0 Å². The molecule has 20 heavy (non-hydrogen) atoms. The lowest BCUT2D eigenvalue weighted by molar-refractivity contribution is -0.114. The Balaban J connectivity index is 2.05. The predicted octanol–water partition coefficient (Wildman–Crippen LogP) is 4.67. The van der Waals surface area contributed by atoms with Crippen LogP contribution in [-0.4, -0.2) is 5.91 Å². The number of benzene rings is 2. The zero-order chi connectivity index (χ0) is 14.5. The summed E-state index contributed by atoms with van der Waals surface area (Å²) >= 11 is 9.55. The first-order chi connectivity index (χ1) is 9.54. The van der Waals surface area contributed by atoms with Crippen molar-refractivity contribution in [2.45, 2.75) is 13.5 Å². The number of carbonyl (C=O) groups excluding carboxylic acids is 1. The molecule has 0 aromatic heterocycles. The van der Waals surface area contributed by atoms with Crippen LogP contribution in [0.25, 0.3) is 0 Å². The van der Waals surface area contributed by atoms with Crippen LogP contribution in [0.2, 0.25) is 5.02 Å². The van der Waals surface area contributed by atoms with Gasteiger partial charge in [0.2, 0.25) is 5.91 Å². The summed E-state index contributed by atoms with van der Waals surface area (Å²) < 4.78 is 0.957. The van der Waals surface area contributed by atoms with Crippen molar-refractivity contribution in [3.8, 4) is 0 Å². The van der Waals surface area contributed by atoms with Gasteiger partial charge in [-0.05, 0) is 35.9 Å². The fourth-order valence-electron chi connectivity index (χ4n) is 1.77. The lowest BCUT2D eigenvalue weighted by Crippen LogP contribution is -2.06. The van der Waals surface area contributed by atoms with Gasteiger partial charge in [0.05, 0.1) is 0 Å². The Morgan fingerprint density at radius 2 is 1.95 bits per heavy atom. The maximum absolute atomic E-state index is 11.0. The van der Waals surface area contributed by atoms with Crippen molar-refractivity contribution in [2.75, 3.05) is 10.6 Å². The molecular formula is C15H14BrClN2O. The van der Waals surface area contributed by atoms with Gasteiger partial charge in [-0.1, -0.05) is 39.7 Å². The molecule has 0 saturated carbocycles. The molecule has 0 heterocycles. The Morgan fingerprint density at radius 3 is 2.65 bits per heavy atom. The van der Waals surface area contributed by atoms with E-state index in [0.29, 0.717) is 11.6 Å². The minimum absolute atomic E-state index is 0.0851. The maximum atomic E-state index is 11.0. The topological polar surface area (TPSA) is 41.1 Å². The molecule has 0 aliphatic carbocycles. The van der Waals surface area contributed by atoms with Gasteiger partial charge in [0.25, 0.3) is 0 Å². The fourth-order valence-corrected chi connectivity index (χ4v) is 2.51. The van der Waals surface area contributed by atoms with Gasteiger partial charge in [0, 0.05) is 34.3 Å². The Hall–Kier alpha value is -1.52. The summed E-state index contributed by atoms with van der Waals surface area (Å²) in [4.78, 5) is 11.0. The largest absolute Gasteiger partial charge is 0.381 e. The minimum Gasteiger partial charge on any atom is -0.381 e. The predicted molar refractivity (Wildman–Crippen MR) is 87.2 cm³/mol. The van der Waals surface area contributed by atoms with Crippen molar-refractivity contribution in [3.63, 3.8) is 0 Å². The Bertz CT molecular complexity index is 631. The van der Waals surface area contributed by atoms with E-state index in [0.717, 1.165) is 21.4 Å². The highest BCUT2D eigenvalue weighted by Crippen LogP contribution is 2.23. The lowest BCUT2D eigenvalue weighted by atomic mass is 10.2. The number of rotatable bonds is 4. The van der Waals surface area contributed by atoms with Crippen LogP contribution in [-0.2, 0) is 11.3 Å². The SMILES string of the molecule is CC(=O)Nc1cccc(NCc2ccc(Br)cc2Cl)c1. The third kappa shape index (κ3) is 4.25. The van der Waals surface area contributed by atoms with Gasteiger partial charge in [-0.2, -0.15) is 0 Å². The molecule has 0 aliphatic rings. The second-order valence-electron chi connectivity index (χ2n) is 4.35. The monoisotopic (exact) mass is 352 g/mol. The highest BCUT2D eigenvalue weighted by atomic mass is 79.9. The van der Waals surface area contributed by atoms with Gasteiger partial charge in [0.15, 0.2) is 0 Å². The van der Waals surface area contributed by atoms with Crippen molar-refractivity contribution in [2.24, 2.45) is 0 Å². The standard InChI is InChI=1S/C15H14BrClN2O/c1-10(20)19-14-4-2-3-13(8-14)18-9-11-5-6-12(16)7-15(11)17/h2-8,18H,9H2,1H3,(H,19,20). The summed E-state index contributed by atoms with van der Waals surface area (Å²) in [5.41, 5.74) is 2.71. The molecule has 104 valence electrons. The average molecular weight is 354 g/mol. The van der Waals surface area contributed by atoms with E-state index >= 15 is 0 Å². The summed E-state index contributed by atoms with van der Waals surface area (Å²) in [5.74, 6) is -0.0851. The smallest absolute Gasteiger partial charge is 0.221 e. The second-order valence-corrected chi connectivity index (χ2v) is 5.67. The summed E-state index contributed by atoms with van der Waals surface area (Å²) in [6, 6.07) is 13.3. The molecule has 1 amide bonds. The van der Waals surface area contributed by atoms with Crippen LogP contribution in [0.5, 0.6) is 0 Å². The highest BCUT2D eigenvalue weighted by molar-refractivity contribution is 9.10. The molecule has 3 nitrogen and oxygen atoms in total. The molecule has 0 bridgehead atoms. The zero-order valence-electron chi connectivity index (χ0n) is 10.9. The number of halogens is 2. The second kappa shape index (κ2) is 6.77. The van der Waals surface area contributed by atoms with Crippen LogP contribution in [0.1, 0.15) is 12.5 Å². The third-order valence-electron chi connectivity index (χ3n) is 2.68. The van der Waals surface area contributed by atoms with Crippen LogP contribution in [0.15, 0.2) is 46.9 Å². The van der Waals surface area contributed by atoms with Gasteiger partial charge in [-0.25, -0.2) is 0 Å². The summed E-state index contributed by atoms with van der Waals surface area (Å²) in [7, 11) is 0. The van der Waals surface area contributed by atoms with E-state index in [1.807, 2.05) is 42.5 Å². The molecule has 2 rings (SSSR count). The molecule has 2 N–H and O–H groups in total. The van der Waals surface area contributed by atoms with Crippen LogP contribution in [0.4, 0.5) is 11.4 Å². The maximum Gasteiger partial charge on any atom is 0.221 e. The molecule has 5 heteroatoms. The number of amides is 1. The van der Waals surface area contributed by atoms with Gasteiger partial charge in [-0.3, -0.25) is 4.79 Å². The first-order valence-electron chi connectivity index (χ1n) is 6.10. The molecule has 0 spiro atoms. The molecule has 0 fully saturated rings. The van der Waals surface area contributed by atoms with E-state index in [9.17, 15) is 4.79 Å². The van der Waals surface area contributed by atoms with Crippen LogP contribution < -0.4 is 10.6 Å². The number of hydrogen-bond acceptors (Lipinski definition) is 2. The van der Waals surface area contributed by atoms with E-state index in [1.165, 1.54) is 6.92 Å².